The van der Waals surface area contributed by atoms with E-state index >= 15 is 0 Å². The van der Waals surface area contributed by atoms with E-state index in [2.05, 4.69) is 29.6 Å². The van der Waals surface area contributed by atoms with E-state index in [0.717, 1.165) is 11.1 Å². The molecule has 0 spiro atoms. The molecule has 2 aliphatic rings. The zero-order valence-corrected chi connectivity index (χ0v) is 16.1. The number of aliphatic hydroxyl groups is 1. The van der Waals surface area contributed by atoms with Gasteiger partial charge in [0.25, 0.3) is 0 Å². The minimum absolute atomic E-state index is 0.00396. The highest BCUT2D eigenvalue weighted by atomic mass is 16.7. The maximum atomic E-state index is 12.4. The summed E-state index contributed by atoms with van der Waals surface area (Å²) in [5.41, 5.74) is 4.67. The standard InChI is InChI=1S/C22H25NO5/c1-22(2)27-12-19(20(24)13-28-22)23-21(25)26-11-18-16-9-5-3-7-14(16)15-8-4-6-10-17(15)18/h3-10,18-20,24H,11-13H2,1-2H3,(H,23,25)/t19-,20-/m1/s1. The van der Waals surface area contributed by atoms with Crippen LogP contribution in [0.3, 0.4) is 0 Å². The third-order valence-corrected chi connectivity index (χ3v) is 5.32. The van der Waals surface area contributed by atoms with Crippen molar-refractivity contribution in [2.75, 3.05) is 19.8 Å². The quantitative estimate of drug-likeness (QED) is 0.852. The number of ether oxygens (including phenoxy) is 3. The third kappa shape index (κ3) is 3.76. The smallest absolute Gasteiger partial charge is 0.407 e. The Morgan fingerprint density at radius 1 is 1.07 bits per heavy atom. The molecule has 0 unspecified atom stereocenters. The Bertz CT molecular complexity index is 820. The number of rotatable bonds is 3. The van der Waals surface area contributed by atoms with E-state index in [1.807, 2.05) is 24.3 Å². The summed E-state index contributed by atoms with van der Waals surface area (Å²) in [4.78, 5) is 12.4. The molecule has 2 aromatic rings. The van der Waals surface area contributed by atoms with Crippen LogP contribution >= 0.6 is 0 Å². The van der Waals surface area contributed by atoms with Crippen LogP contribution in [0.4, 0.5) is 4.79 Å². The monoisotopic (exact) mass is 383 g/mol. The fourth-order valence-corrected chi connectivity index (χ4v) is 3.77. The van der Waals surface area contributed by atoms with Crippen molar-refractivity contribution in [2.24, 2.45) is 0 Å². The van der Waals surface area contributed by atoms with E-state index in [-0.39, 0.29) is 25.7 Å². The predicted octanol–water partition coefficient (Wildman–Crippen LogP) is 3.04. The Kier molecular flexibility index (Phi) is 5.10. The lowest BCUT2D eigenvalue weighted by atomic mass is 9.98. The van der Waals surface area contributed by atoms with Gasteiger partial charge in [0.15, 0.2) is 5.79 Å². The molecule has 2 aromatic carbocycles. The average Bonchev–Trinajstić information content (AvgIpc) is 2.95. The third-order valence-electron chi connectivity index (χ3n) is 5.32. The zero-order valence-electron chi connectivity index (χ0n) is 16.1. The van der Waals surface area contributed by atoms with Gasteiger partial charge in [-0.2, -0.15) is 0 Å². The van der Waals surface area contributed by atoms with Gasteiger partial charge in [0.2, 0.25) is 0 Å². The first kappa shape index (κ1) is 18.9. The summed E-state index contributed by atoms with van der Waals surface area (Å²) in [6, 6.07) is 15.8. The lowest BCUT2D eigenvalue weighted by molar-refractivity contribution is -0.203. The number of benzene rings is 2. The molecule has 1 aliphatic heterocycles. The van der Waals surface area contributed by atoms with E-state index in [4.69, 9.17) is 14.2 Å². The molecule has 1 heterocycles. The molecule has 6 nitrogen and oxygen atoms in total. The van der Waals surface area contributed by atoms with Gasteiger partial charge in [0, 0.05) is 5.92 Å². The predicted molar refractivity (Wildman–Crippen MR) is 104 cm³/mol. The van der Waals surface area contributed by atoms with Crippen LogP contribution in [0, 0.1) is 0 Å². The number of hydrogen-bond donors (Lipinski definition) is 2. The molecular weight excluding hydrogens is 358 g/mol. The summed E-state index contributed by atoms with van der Waals surface area (Å²) >= 11 is 0. The second-order valence-corrected chi connectivity index (χ2v) is 7.67. The first-order chi connectivity index (χ1) is 13.4. The van der Waals surface area contributed by atoms with Gasteiger partial charge in [-0.15, -0.1) is 0 Å². The van der Waals surface area contributed by atoms with Gasteiger partial charge in [-0.05, 0) is 36.1 Å². The first-order valence-electron chi connectivity index (χ1n) is 9.52. The molecule has 28 heavy (non-hydrogen) atoms. The van der Waals surface area contributed by atoms with Crippen molar-refractivity contribution in [3.05, 3.63) is 59.7 Å². The van der Waals surface area contributed by atoms with Gasteiger partial charge in [0.1, 0.15) is 6.61 Å². The van der Waals surface area contributed by atoms with Crippen LogP contribution in [0.2, 0.25) is 0 Å². The van der Waals surface area contributed by atoms with Crippen molar-refractivity contribution >= 4 is 6.09 Å². The van der Waals surface area contributed by atoms with Crippen LogP contribution in [-0.2, 0) is 14.2 Å². The molecule has 148 valence electrons. The Morgan fingerprint density at radius 2 is 1.64 bits per heavy atom. The molecular formula is C22H25NO5. The highest BCUT2D eigenvalue weighted by Gasteiger charge is 2.33. The van der Waals surface area contributed by atoms with E-state index < -0.39 is 24.0 Å². The SMILES string of the molecule is CC1(C)OC[C@@H](O)[C@H](NC(=O)OCC2c3ccccc3-c3ccccc32)CO1. The first-order valence-corrected chi connectivity index (χ1v) is 9.52. The van der Waals surface area contributed by atoms with E-state index in [1.165, 1.54) is 11.1 Å². The number of amides is 1. The largest absolute Gasteiger partial charge is 0.449 e. The van der Waals surface area contributed by atoms with E-state index in [1.54, 1.807) is 13.8 Å². The zero-order chi connectivity index (χ0) is 19.7. The molecule has 6 heteroatoms. The lowest BCUT2D eigenvalue weighted by Crippen LogP contribution is -2.47. The molecule has 2 atom stereocenters. The number of nitrogens with one attached hydrogen (secondary N) is 1. The number of hydrogen-bond acceptors (Lipinski definition) is 5. The summed E-state index contributed by atoms with van der Waals surface area (Å²) in [5, 5.41) is 12.9. The number of fused-ring (bicyclic) bond motifs is 3. The fraction of sp³-hybridized carbons (Fsp3) is 0.409. The average molecular weight is 383 g/mol. The molecule has 0 saturated carbocycles. The topological polar surface area (TPSA) is 77.0 Å². The second-order valence-electron chi connectivity index (χ2n) is 7.67. The van der Waals surface area contributed by atoms with Crippen molar-refractivity contribution in [3.63, 3.8) is 0 Å². The highest BCUT2D eigenvalue weighted by molar-refractivity contribution is 5.79. The number of alkyl carbamates (subject to hydrolysis) is 1. The minimum Gasteiger partial charge on any atom is -0.449 e. The van der Waals surface area contributed by atoms with Crippen LogP contribution in [-0.4, -0.2) is 49.0 Å². The second kappa shape index (κ2) is 7.54. The number of aliphatic hydroxyl groups excluding tert-OH is 1. The van der Waals surface area contributed by atoms with Crippen molar-refractivity contribution in [3.8, 4) is 11.1 Å². The summed E-state index contributed by atoms with van der Waals surface area (Å²) in [6.07, 6.45) is -1.43. The Balaban J connectivity index is 1.41. The molecule has 0 radical (unpaired) electrons. The molecule has 4 rings (SSSR count). The highest BCUT2D eigenvalue weighted by Crippen LogP contribution is 2.44. The van der Waals surface area contributed by atoms with Gasteiger partial charge >= 0.3 is 6.09 Å². The molecule has 1 aliphatic carbocycles. The van der Waals surface area contributed by atoms with Crippen molar-refractivity contribution in [1.29, 1.82) is 0 Å². The summed E-state index contributed by atoms with van der Waals surface area (Å²) < 4.78 is 16.6. The molecule has 1 amide bonds. The lowest BCUT2D eigenvalue weighted by Gasteiger charge is -2.23. The summed E-state index contributed by atoms with van der Waals surface area (Å²) in [7, 11) is 0. The van der Waals surface area contributed by atoms with Crippen molar-refractivity contribution < 1.29 is 24.1 Å². The Morgan fingerprint density at radius 3 is 2.29 bits per heavy atom. The fourth-order valence-electron chi connectivity index (χ4n) is 3.77. The van der Waals surface area contributed by atoms with Crippen LogP contribution in [0.1, 0.15) is 30.9 Å². The molecule has 0 aromatic heterocycles. The normalized spacial score (nSPS) is 23.4. The van der Waals surface area contributed by atoms with Crippen LogP contribution < -0.4 is 5.32 Å². The summed E-state index contributed by atoms with van der Waals surface area (Å²) in [6.45, 7) is 4.01. The van der Waals surface area contributed by atoms with Gasteiger partial charge in [-0.3, -0.25) is 0 Å². The Labute approximate surface area is 164 Å². The van der Waals surface area contributed by atoms with E-state index in [9.17, 15) is 9.90 Å². The molecule has 1 fully saturated rings. The number of carbonyl (C=O) groups excluding carboxylic acids is 1. The summed E-state index contributed by atoms with van der Waals surface area (Å²) in [5.74, 6) is -0.797. The van der Waals surface area contributed by atoms with Gasteiger partial charge in [0.05, 0.1) is 25.4 Å². The van der Waals surface area contributed by atoms with Crippen LogP contribution in [0.25, 0.3) is 11.1 Å². The van der Waals surface area contributed by atoms with Crippen LogP contribution in [0.15, 0.2) is 48.5 Å². The maximum absolute atomic E-state index is 12.4. The van der Waals surface area contributed by atoms with Crippen molar-refractivity contribution in [1.82, 2.24) is 5.32 Å². The van der Waals surface area contributed by atoms with E-state index in [0.29, 0.717) is 0 Å². The Hall–Kier alpha value is -2.41. The van der Waals surface area contributed by atoms with Gasteiger partial charge < -0.3 is 24.6 Å². The maximum Gasteiger partial charge on any atom is 0.407 e. The minimum atomic E-state index is -0.859. The molecule has 2 N–H and O–H groups in total. The number of carbonyl (C=O) groups is 1. The van der Waals surface area contributed by atoms with Gasteiger partial charge in [-0.1, -0.05) is 48.5 Å². The molecule has 0 bridgehead atoms. The van der Waals surface area contributed by atoms with Crippen LogP contribution in [0.5, 0.6) is 0 Å². The van der Waals surface area contributed by atoms with Crippen molar-refractivity contribution in [2.45, 2.75) is 37.7 Å². The molecule has 1 saturated heterocycles. The van der Waals surface area contributed by atoms with Gasteiger partial charge in [-0.25, -0.2) is 4.79 Å².